The zero-order valence-corrected chi connectivity index (χ0v) is 13.3. The van der Waals surface area contributed by atoms with Crippen LogP contribution in [0.1, 0.15) is 43.4 Å². The van der Waals surface area contributed by atoms with Crippen LogP contribution in [-0.2, 0) is 11.2 Å². The normalized spacial score (nSPS) is 11.4. The zero-order valence-electron chi connectivity index (χ0n) is 13.3. The van der Waals surface area contributed by atoms with Gasteiger partial charge in [0.05, 0.1) is 5.41 Å². The fourth-order valence-electron chi connectivity index (χ4n) is 2.68. The van der Waals surface area contributed by atoms with Crippen molar-refractivity contribution in [1.82, 2.24) is 5.32 Å². The molecule has 0 fully saturated rings. The Morgan fingerprint density at radius 1 is 1.20 bits per heavy atom. The molecule has 0 heterocycles. The summed E-state index contributed by atoms with van der Waals surface area (Å²) in [6.07, 6.45) is 2.45. The average molecular weight is 276 g/mol. The van der Waals surface area contributed by atoms with Gasteiger partial charge in [-0.2, -0.15) is 0 Å². The van der Waals surface area contributed by atoms with Gasteiger partial charge in [-0.1, -0.05) is 32.0 Å². The minimum atomic E-state index is -0.402. The first-order valence-electron chi connectivity index (χ1n) is 7.54. The highest BCUT2D eigenvalue weighted by molar-refractivity contribution is 5.82. The van der Waals surface area contributed by atoms with Crippen molar-refractivity contribution in [3.63, 3.8) is 0 Å². The molecule has 3 N–H and O–H groups in total. The summed E-state index contributed by atoms with van der Waals surface area (Å²) >= 11 is 0. The minimum absolute atomic E-state index is 0.0937. The fourth-order valence-corrected chi connectivity index (χ4v) is 2.68. The predicted octanol–water partition coefficient (Wildman–Crippen LogP) is 2.73. The van der Waals surface area contributed by atoms with Gasteiger partial charge in [0, 0.05) is 13.1 Å². The summed E-state index contributed by atoms with van der Waals surface area (Å²) in [7, 11) is 0. The second kappa shape index (κ2) is 7.44. The molecule has 0 aromatic heterocycles. The van der Waals surface area contributed by atoms with Crippen LogP contribution in [0.5, 0.6) is 0 Å². The van der Waals surface area contributed by atoms with Gasteiger partial charge in [0.15, 0.2) is 0 Å². The van der Waals surface area contributed by atoms with Crippen LogP contribution in [0, 0.1) is 19.3 Å². The molecule has 3 heteroatoms. The molecule has 1 rings (SSSR count). The Hall–Kier alpha value is -1.35. The molecule has 0 saturated heterocycles. The van der Waals surface area contributed by atoms with E-state index in [0.717, 1.165) is 19.3 Å². The second-order valence-corrected chi connectivity index (χ2v) is 5.57. The molecule has 0 aliphatic carbocycles. The lowest BCUT2D eigenvalue weighted by atomic mass is 9.81. The number of carbonyl (C=O) groups excluding carboxylic acids is 1. The van der Waals surface area contributed by atoms with Gasteiger partial charge < -0.3 is 11.1 Å². The van der Waals surface area contributed by atoms with Crippen LogP contribution in [0.15, 0.2) is 18.2 Å². The Kier molecular flexibility index (Phi) is 6.21. The van der Waals surface area contributed by atoms with Crippen molar-refractivity contribution in [3.05, 3.63) is 34.9 Å². The number of hydrogen-bond donors (Lipinski definition) is 2. The monoisotopic (exact) mass is 276 g/mol. The third-order valence-corrected chi connectivity index (χ3v) is 4.53. The van der Waals surface area contributed by atoms with E-state index in [4.69, 9.17) is 5.73 Å². The summed E-state index contributed by atoms with van der Waals surface area (Å²) in [6.45, 7) is 9.38. The molecule has 0 saturated carbocycles. The zero-order chi connectivity index (χ0) is 15.2. The molecule has 0 aliphatic heterocycles. The van der Waals surface area contributed by atoms with E-state index in [1.165, 1.54) is 16.7 Å². The number of hydrogen-bond acceptors (Lipinski definition) is 2. The van der Waals surface area contributed by atoms with Gasteiger partial charge >= 0.3 is 0 Å². The Bertz CT molecular complexity index is 422. The van der Waals surface area contributed by atoms with Crippen molar-refractivity contribution in [1.29, 1.82) is 0 Å². The first-order chi connectivity index (χ1) is 9.50. The van der Waals surface area contributed by atoms with Crippen LogP contribution in [0.4, 0.5) is 0 Å². The molecule has 1 amide bonds. The molecule has 3 nitrogen and oxygen atoms in total. The maximum absolute atomic E-state index is 12.3. The smallest absolute Gasteiger partial charge is 0.227 e. The first-order valence-corrected chi connectivity index (χ1v) is 7.54. The average Bonchev–Trinajstić information content (AvgIpc) is 2.44. The highest BCUT2D eigenvalue weighted by Crippen LogP contribution is 2.25. The van der Waals surface area contributed by atoms with Crippen LogP contribution < -0.4 is 11.1 Å². The summed E-state index contributed by atoms with van der Waals surface area (Å²) in [5.74, 6) is 0.0937. The number of nitrogens with one attached hydrogen (secondary N) is 1. The summed E-state index contributed by atoms with van der Waals surface area (Å²) < 4.78 is 0. The van der Waals surface area contributed by atoms with Crippen LogP contribution in [-0.4, -0.2) is 19.0 Å². The molecule has 1 aromatic carbocycles. The molecule has 20 heavy (non-hydrogen) atoms. The Labute approximate surface area is 122 Å². The fraction of sp³-hybridized carbons (Fsp3) is 0.588. The van der Waals surface area contributed by atoms with Crippen molar-refractivity contribution >= 4 is 5.91 Å². The van der Waals surface area contributed by atoms with E-state index in [1.54, 1.807) is 0 Å². The third-order valence-electron chi connectivity index (χ3n) is 4.53. The topological polar surface area (TPSA) is 55.1 Å². The van der Waals surface area contributed by atoms with Gasteiger partial charge in [-0.05, 0) is 49.8 Å². The number of amides is 1. The van der Waals surface area contributed by atoms with E-state index < -0.39 is 5.41 Å². The van der Waals surface area contributed by atoms with Crippen LogP contribution in [0.3, 0.4) is 0 Å². The van der Waals surface area contributed by atoms with Crippen molar-refractivity contribution in [2.24, 2.45) is 11.1 Å². The summed E-state index contributed by atoms with van der Waals surface area (Å²) in [5, 5.41) is 3.06. The van der Waals surface area contributed by atoms with E-state index >= 15 is 0 Å². The van der Waals surface area contributed by atoms with Crippen LogP contribution in [0.25, 0.3) is 0 Å². The van der Waals surface area contributed by atoms with Crippen molar-refractivity contribution in [3.8, 4) is 0 Å². The van der Waals surface area contributed by atoms with Gasteiger partial charge in [0.25, 0.3) is 0 Å². The highest BCUT2D eigenvalue weighted by Gasteiger charge is 2.32. The molecular weight excluding hydrogens is 248 g/mol. The van der Waals surface area contributed by atoms with Gasteiger partial charge in [0.2, 0.25) is 5.91 Å². The number of aryl methyl sites for hydroxylation is 2. The Morgan fingerprint density at radius 2 is 1.75 bits per heavy atom. The Balaban J connectivity index is 2.62. The molecule has 0 spiro atoms. The van der Waals surface area contributed by atoms with E-state index in [-0.39, 0.29) is 5.91 Å². The van der Waals surface area contributed by atoms with Crippen molar-refractivity contribution in [2.45, 2.75) is 47.0 Å². The van der Waals surface area contributed by atoms with Gasteiger partial charge in [-0.3, -0.25) is 4.79 Å². The lowest BCUT2D eigenvalue weighted by Gasteiger charge is -2.28. The molecular formula is C17H28N2O. The van der Waals surface area contributed by atoms with Gasteiger partial charge in [-0.15, -0.1) is 0 Å². The van der Waals surface area contributed by atoms with Gasteiger partial charge in [-0.25, -0.2) is 0 Å². The number of benzene rings is 1. The van der Waals surface area contributed by atoms with E-state index in [9.17, 15) is 4.79 Å². The number of carbonyl (C=O) groups is 1. The van der Waals surface area contributed by atoms with Crippen molar-refractivity contribution < 1.29 is 4.79 Å². The molecule has 0 atom stereocenters. The number of nitrogens with two attached hydrogens (primary N) is 1. The lowest BCUT2D eigenvalue weighted by molar-refractivity contribution is -0.131. The molecule has 0 unspecified atom stereocenters. The molecule has 0 radical (unpaired) electrons. The molecule has 112 valence electrons. The third kappa shape index (κ3) is 3.60. The summed E-state index contributed by atoms with van der Waals surface area (Å²) in [6, 6.07) is 6.30. The van der Waals surface area contributed by atoms with Crippen LogP contribution >= 0.6 is 0 Å². The molecule has 0 aliphatic rings. The second-order valence-electron chi connectivity index (χ2n) is 5.57. The quantitative estimate of drug-likeness (QED) is 0.804. The molecule has 0 bridgehead atoms. The largest absolute Gasteiger partial charge is 0.355 e. The lowest BCUT2D eigenvalue weighted by Crippen LogP contribution is -2.45. The van der Waals surface area contributed by atoms with E-state index in [2.05, 4.69) is 37.4 Å². The SMILES string of the molecule is CCC(CC)(CN)C(=O)NCCc1c(C)cccc1C. The van der Waals surface area contributed by atoms with Gasteiger partial charge in [0.1, 0.15) is 0 Å². The van der Waals surface area contributed by atoms with Crippen LogP contribution in [0.2, 0.25) is 0 Å². The maximum atomic E-state index is 12.3. The number of rotatable bonds is 7. The minimum Gasteiger partial charge on any atom is -0.355 e. The maximum Gasteiger partial charge on any atom is 0.227 e. The Morgan fingerprint density at radius 3 is 2.20 bits per heavy atom. The predicted molar refractivity (Wildman–Crippen MR) is 84.7 cm³/mol. The van der Waals surface area contributed by atoms with Crippen molar-refractivity contribution in [2.75, 3.05) is 13.1 Å². The molecule has 1 aromatic rings. The first kappa shape index (κ1) is 16.7. The standard InChI is InChI=1S/C17H28N2O/c1-5-17(6-2,12-18)16(20)19-11-10-15-13(3)8-7-9-14(15)4/h7-9H,5-6,10-12,18H2,1-4H3,(H,19,20). The van der Waals surface area contributed by atoms with E-state index in [1.807, 2.05) is 13.8 Å². The van der Waals surface area contributed by atoms with E-state index in [0.29, 0.717) is 13.1 Å². The summed E-state index contributed by atoms with van der Waals surface area (Å²) in [4.78, 5) is 12.3. The highest BCUT2D eigenvalue weighted by atomic mass is 16.2. The summed E-state index contributed by atoms with van der Waals surface area (Å²) in [5.41, 5.74) is 9.31.